The summed E-state index contributed by atoms with van der Waals surface area (Å²) in [6.45, 7) is 7.18. The van der Waals surface area contributed by atoms with Gasteiger partial charge in [-0.25, -0.2) is 0 Å². The highest BCUT2D eigenvalue weighted by atomic mass is 16.1. The molecule has 0 heterocycles. The first-order valence-corrected chi connectivity index (χ1v) is 6.37. The summed E-state index contributed by atoms with van der Waals surface area (Å²) in [6.07, 6.45) is 7.23. The minimum Gasteiger partial charge on any atom is -0.340 e. The van der Waals surface area contributed by atoms with Crippen molar-refractivity contribution in [2.45, 2.75) is 27.2 Å². The summed E-state index contributed by atoms with van der Waals surface area (Å²) in [5, 5.41) is 5.75. The number of hydrogen-bond acceptors (Lipinski definition) is 2. The molecule has 0 fully saturated rings. The molecule has 0 bridgehead atoms. The fourth-order valence-electron chi connectivity index (χ4n) is 2.27. The van der Waals surface area contributed by atoms with Gasteiger partial charge in [-0.3, -0.25) is 4.79 Å². The monoisotopic (exact) mass is 236 g/mol. The maximum atomic E-state index is 11.9. The van der Waals surface area contributed by atoms with Crippen molar-refractivity contribution in [3.8, 4) is 0 Å². The first kappa shape index (κ1) is 14.0. The number of hydrogen-bond donors (Lipinski definition) is 2. The van der Waals surface area contributed by atoms with E-state index in [1.165, 1.54) is 0 Å². The van der Waals surface area contributed by atoms with Crippen molar-refractivity contribution in [2.24, 2.45) is 17.8 Å². The van der Waals surface area contributed by atoms with Gasteiger partial charge in [-0.2, -0.15) is 0 Å². The van der Waals surface area contributed by atoms with E-state index in [1.54, 1.807) is 0 Å². The van der Waals surface area contributed by atoms with E-state index in [4.69, 9.17) is 0 Å². The van der Waals surface area contributed by atoms with Crippen LogP contribution in [0.2, 0.25) is 0 Å². The highest BCUT2D eigenvalue weighted by molar-refractivity contribution is 5.96. The molecule has 1 aliphatic rings. The Kier molecular flexibility index (Phi) is 5.42. The van der Waals surface area contributed by atoms with Crippen LogP contribution in [0.4, 0.5) is 0 Å². The molecule has 17 heavy (non-hydrogen) atoms. The zero-order valence-corrected chi connectivity index (χ0v) is 11.3. The van der Waals surface area contributed by atoms with E-state index in [0.29, 0.717) is 24.4 Å². The summed E-state index contributed by atoms with van der Waals surface area (Å²) in [5.41, 5.74) is 0.795. The maximum absolute atomic E-state index is 11.9. The fourth-order valence-corrected chi connectivity index (χ4v) is 2.27. The number of amides is 1. The highest BCUT2D eigenvalue weighted by Gasteiger charge is 2.21. The second-order valence-corrected chi connectivity index (χ2v) is 5.09. The van der Waals surface area contributed by atoms with Crippen LogP contribution in [-0.4, -0.2) is 19.6 Å². The van der Waals surface area contributed by atoms with Gasteiger partial charge in [0.2, 0.25) is 0 Å². The summed E-state index contributed by atoms with van der Waals surface area (Å²) in [4.78, 5) is 11.9. The molecule has 0 spiro atoms. The van der Waals surface area contributed by atoms with Crippen LogP contribution >= 0.6 is 0 Å². The third-order valence-corrected chi connectivity index (χ3v) is 3.29. The maximum Gasteiger partial charge on any atom is 0.251 e. The minimum absolute atomic E-state index is 0.00958. The zero-order valence-electron chi connectivity index (χ0n) is 11.3. The molecule has 0 saturated carbocycles. The summed E-state index contributed by atoms with van der Waals surface area (Å²) in [7, 11) is 1.82. The smallest absolute Gasteiger partial charge is 0.251 e. The van der Waals surface area contributed by atoms with Crippen LogP contribution in [0.15, 0.2) is 23.8 Å². The molecule has 0 aromatic carbocycles. The number of carbonyl (C=O) groups is 1. The molecular weight excluding hydrogens is 212 g/mol. The number of nitrogens with one attached hydrogen (secondary N) is 2. The van der Waals surface area contributed by atoms with Gasteiger partial charge in [0.05, 0.1) is 6.67 Å². The van der Waals surface area contributed by atoms with E-state index in [-0.39, 0.29) is 5.91 Å². The van der Waals surface area contributed by atoms with Gasteiger partial charge in [0.25, 0.3) is 5.91 Å². The molecule has 1 rings (SSSR count). The van der Waals surface area contributed by atoms with Crippen molar-refractivity contribution >= 4 is 5.91 Å². The lowest BCUT2D eigenvalue weighted by Crippen LogP contribution is -2.32. The van der Waals surface area contributed by atoms with E-state index in [0.717, 1.165) is 12.0 Å². The van der Waals surface area contributed by atoms with E-state index < -0.39 is 0 Å². The average molecular weight is 236 g/mol. The molecule has 0 saturated heterocycles. The predicted molar refractivity (Wildman–Crippen MR) is 71.4 cm³/mol. The van der Waals surface area contributed by atoms with E-state index in [1.807, 2.05) is 13.1 Å². The van der Waals surface area contributed by atoms with Gasteiger partial charge in [0.15, 0.2) is 0 Å². The standard InChI is InChI=1S/C14H24N2O/c1-10(2)13-8-12(7-5-6-11(13)3)14(17)16-9-15-4/h5,7-8,10-11,13,15H,6,9H2,1-4H3,(H,16,17). The van der Waals surface area contributed by atoms with Gasteiger partial charge in [-0.05, 0) is 31.2 Å². The SMILES string of the molecule is CNCNC(=O)C1=CC(C(C)C)C(C)CC=C1. The number of rotatable bonds is 4. The molecule has 0 radical (unpaired) electrons. The van der Waals surface area contributed by atoms with Crippen LogP contribution in [-0.2, 0) is 4.79 Å². The molecule has 2 N–H and O–H groups in total. The highest BCUT2D eigenvalue weighted by Crippen LogP contribution is 2.29. The second kappa shape index (κ2) is 6.60. The van der Waals surface area contributed by atoms with Crippen molar-refractivity contribution < 1.29 is 4.79 Å². The summed E-state index contributed by atoms with van der Waals surface area (Å²) in [5.74, 6) is 1.65. The quantitative estimate of drug-likeness (QED) is 0.734. The number of allylic oxidation sites excluding steroid dienone is 2. The molecule has 2 unspecified atom stereocenters. The molecule has 0 aromatic rings. The van der Waals surface area contributed by atoms with Crippen LogP contribution in [0.5, 0.6) is 0 Å². The van der Waals surface area contributed by atoms with Gasteiger partial charge >= 0.3 is 0 Å². The van der Waals surface area contributed by atoms with Gasteiger partial charge < -0.3 is 10.6 Å². The molecule has 1 aliphatic carbocycles. The number of carbonyl (C=O) groups excluding carboxylic acids is 1. The van der Waals surface area contributed by atoms with Crippen LogP contribution in [0.3, 0.4) is 0 Å². The lowest BCUT2D eigenvalue weighted by Gasteiger charge is -2.23. The Morgan fingerprint density at radius 2 is 2.24 bits per heavy atom. The van der Waals surface area contributed by atoms with Crippen molar-refractivity contribution in [3.63, 3.8) is 0 Å². The van der Waals surface area contributed by atoms with Gasteiger partial charge in [-0.15, -0.1) is 0 Å². The summed E-state index contributed by atoms with van der Waals surface area (Å²) in [6, 6.07) is 0. The lowest BCUT2D eigenvalue weighted by molar-refractivity contribution is -0.117. The first-order chi connectivity index (χ1) is 8.06. The van der Waals surface area contributed by atoms with Gasteiger partial charge in [0, 0.05) is 5.57 Å². The van der Waals surface area contributed by atoms with Crippen molar-refractivity contribution in [1.82, 2.24) is 10.6 Å². The van der Waals surface area contributed by atoms with Crippen LogP contribution in [0.1, 0.15) is 27.2 Å². The summed E-state index contributed by atoms with van der Waals surface area (Å²) >= 11 is 0. The fraction of sp³-hybridized carbons (Fsp3) is 0.643. The van der Waals surface area contributed by atoms with E-state index >= 15 is 0 Å². The summed E-state index contributed by atoms with van der Waals surface area (Å²) < 4.78 is 0. The lowest BCUT2D eigenvalue weighted by atomic mass is 9.82. The van der Waals surface area contributed by atoms with Crippen LogP contribution in [0.25, 0.3) is 0 Å². The molecular formula is C14H24N2O. The van der Waals surface area contributed by atoms with E-state index in [9.17, 15) is 4.79 Å². The molecule has 1 amide bonds. The Balaban J connectivity index is 2.80. The molecule has 3 heteroatoms. The Bertz CT molecular complexity index is 318. The van der Waals surface area contributed by atoms with Crippen molar-refractivity contribution in [2.75, 3.05) is 13.7 Å². The molecule has 0 aromatic heterocycles. The Labute approximate surface area is 104 Å². The molecule has 2 atom stereocenters. The van der Waals surface area contributed by atoms with Crippen molar-refractivity contribution in [3.05, 3.63) is 23.8 Å². The zero-order chi connectivity index (χ0) is 12.8. The van der Waals surface area contributed by atoms with Crippen molar-refractivity contribution in [1.29, 1.82) is 0 Å². The Morgan fingerprint density at radius 3 is 2.82 bits per heavy atom. The topological polar surface area (TPSA) is 41.1 Å². The third kappa shape index (κ3) is 4.00. The Morgan fingerprint density at radius 1 is 1.53 bits per heavy atom. The van der Waals surface area contributed by atoms with Gasteiger partial charge in [-0.1, -0.05) is 39.0 Å². The van der Waals surface area contributed by atoms with E-state index in [2.05, 4.69) is 43.6 Å². The molecule has 3 nitrogen and oxygen atoms in total. The van der Waals surface area contributed by atoms with Gasteiger partial charge in [0.1, 0.15) is 0 Å². The first-order valence-electron chi connectivity index (χ1n) is 6.37. The third-order valence-electron chi connectivity index (χ3n) is 3.29. The van der Waals surface area contributed by atoms with Crippen LogP contribution < -0.4 is 10.6 Å². The predicted octanol–water partition coefficient (Wildman–Crippen LogP) is 2.07. The molecule has 96 valence electrons. The average Bonchev–Trinajstić information content (AvgIpc) is 2.48. The van der Waals surface area contributed by atoms with Crippen LogP contribution in [0, 0.1) is 17.8 Å². The largest absolute Gasteiger partial charge is 0.340 e. The second-order valence-electron chi connectivity index (χ2n) is 5.09. The minimum atomic E-state index is 0.00958. The molecule has 0 aliphatic heterocycles. The normalized spacial score (nSPS) is 24.4. The Hall–Kier alpha value is -1.09.